The normalized spacial score (nSPS) is 11.3. The number of nitrogens with zero attached hydrogens (tertiary/aromatic N) is 4. The van der Waals surface area contributed by atoms with Gasteiger partial charge in [-0.25, -0.2) is 0 Å². The fraction of sp³-hybridized carbons (Fsp3) is 0.182. The van der Waals surface area contributed by atoms with Crippen LogP contribution in [0.15, 0.2) is 22.7 Å². The quantitative estimate of drug-likeness (QED) is 0.761. The molecule has 2 N–H and O–H groups in total. The van der Waals surface area contributed by atoms with E-state index >= 15 is 0 Å². The van der Waals surface area contributed by atoms with E-state index in [1.807, 2.05) is 25.2 Å². The molecule has 0 saturated heterocycles. The minimum Gasteiger partial charge on any atom is -0.338 e. The maximum atomic E-state index is 6.13. The van der Waals surface area contributed by atoms with Crippen molar-refractivity contribution in [1.82, 2.24) is 19.9 Å². The Kier molecular flexibility index (Phi) is 2.53. The average molecular weight is 264 g/mol. The van der Waals surface area contributed by atoms with Gasteiger partial charge in [0.05, 0.1) is 17.4 Å². The van der Waals surface area contributed by atoms with E-state index in [9.17, 15) is 0 Å². The van der Waals surface area contributed by atoms with E-state index in [1.165, 1.54) is 0 Å². The zero-order valence-electron chi connectivity index (χ0n) is 9.59. The van der Waals surface area contributed by atoms with E-state index in [-0.39, 0.29) is 6.54 Å². The molecule has 0 spiro atoms. The van der Waals surface area contributed by atoms with Gasteiger partial charge in [-0.05, 0) is 6.07 Å². The summed E-state index contributed by atoms with van der Waals surface area (Å²) in [5.74, 6) is 0.859. The van der Waals surface area contributed by atoms with Crippen molar-refractivity contribution in [2.75, 3.05) is 0 Å². The third-order valence-corrected chi connectivity index (χ3v) is 2.98. The highest BCUT2D eigenvalue weighted by Crippen LogP contribution is 2.31. The summed E-state index contributed by atoms with van der Waals surface area (Å²) >= 11 is 6.13. The first-order valence-electron chi connectivity index (χ1n) is 5.35. The maximum Gasteiger partial charge on any atom is 0.240 e. The lowest BCUT2D eigenvalue weighted by Crippen LogP contribution is -1.95. The monoisotopic (exact) mass is 263 g/mol. The second-order valence-corrected chi connectivity index (χ2v) is 4.19. The molecule has 0 atom stereocenters. The molecule has 18 heavy (non-hydrogen) atoms. The summed E-state index contributed by atoms with van der Waals surface area (Å²) in [5.41, 5.74) is 7.15. The Labute approximate surface area is 107 Å². The van der Waals surface area contributed by atoms with Crippen molar-refractivity contribution >= 4 is 22.5 Å². The molecule has 2 heterocycles. The molecular weight excluding hydrogens is 254 g/mol. The molecular formula is C11H10ClN5O. The van der Waals surface area contributed by atoms with Crippen molar-refractivity contribution < 1.29 is 4.52 Å². The molecule has 3 rings (SSSR count). The standard InChI is InChI=1S/C11H10ClN5O/c1-17-7-4-2-3-6(9(7)10(12)15-17)11-14-8(5-13)18-16-11/h2-4H,5,13H2,1H3. The van der Waals surface area contributed by atoms with E-state index in [2.05, 4.69) is 15.2 Å². The predicted molar refractivity (Wildman–Crippen MR) is 66.9 cm³/mol. The van der Waals surface area contributed by atoms with E-state index in [1.54, 1.807) is 4.68 Å². The lowest BCUT2D eigenvalue weighted by molar-refractivity contribution is 0.380. The SMILES string of the molecule is Cn1nc(Cl)c2c(-c3noc(CN)n3)cccc21. The Morgan fingerprint density at radius 2 is 2.28 bits per heavy atom. The van der Waals surface area contributed by atoms with Gasteiger partial charge in [-0.1, -0.05) is 28.9 Å². The van der Waals surface area contributed by atoms with Crippen LogP contribution in [0.2, 0.25) is 5.15 Å². The van der Waals surface area contributed by atoms with Crippen LogP contribution in [0, 0.1) is 0 Å². The second kappa shape index (κ2) is 4.08. The molecule has 0 aliphatic carbocycles. The van der Waals surface area contributed by atoms with Gasteiger partial charge in [0.25, 0.3) is 0 Å². The number of aryl methyl sites for hydroxylation is 1. The number of rotatable bonds is 2. The Morgan fingerprint density at radius 1 is 1.44 bits per heavy atom. The van der Waals surface area contributed by atoms with E-state index < -0.39 is 0 Å². The zero-order chi connectivity index (χ0) is 12.7. The summed E-state index contributed by atoms with van der Waals surface area (Å²) in [6.07, 6.45) is 0. The molecule has 1 aromatic carbocycles. The number of benzene rings is 1. The number of halogens is 1. The lowest BCUT2D eigenvalue weighted by Gasteiger charge is -1.98. The smallest absolute Gasteiger partial charge is 0.240 e. The minimum absolute atomic E-state index is 0.212. The van der Waals surface area contributed by atoms with Gasteiger partial charge < -0.3 is 10.3 Å². The van der Waals surface area contributed by atoms with Gasteiger partial charge in [-0.2, -0.15) is 10.1 Å². The van der Waals surface area contributed by atoms with Crippen LogP contribution in [0.3, 0.4) is 0 Å². The van der Waals surface area contributed by atoms with Crippen LogP contribution in [-0.2, 0) is 13.6 Å². The molecule has 0 saturated carbocycles. The summed E-state index contributed by atoms with van der Waals surface area (Å²) in [5, 5.41) is 9.30. The third-order valence-electron chi connectivity index (χ3n) is 2.72. The molecule has 6 nitrogen and oxygen atoms in total. The van der Waals surface area contributed by atoms with Crippen molar-refractivity contribution in [2.45, 2.75) is 6.54 Å². The third kappa shape index (κ3) is 1.58. The van der Waals surface area contributed by atoms with Crippen LogP contribution < -0.4 is 5.73 Å². The molecule has 2 aromatic heterocycles. The summed E-state index contributed by atoms with van der Waals surface area (Å²) in [4.78, 5) is 4.20. The minimum atomic E-state index is 0.212. The molecule has 0 bridgehead atoms. The van der Waals surface area contributed by atoms with E-state index in [4.69, 9.17) is 21.9 Å². The Morgan fingerprint density at radius 3 is 3.00 bits per heavy atom. The van der Waals surface area contributed by atoms with Gasteiger partial charge in [0.15, 0.2) is 5.15 Å². The summed E-state index contributed by atoms with van der Waals surface area (Å²) in [6.45, 7) is 0.212. The molecule has 0 aliphatic rings. The number of fused-ring (bicyclic) bond motifs is 1. The van der Waals surface area contributed by atoms with Crippen LogP contribution >= 0.6 is 11.6 Å². The van der Waals surface area contributed by atoms with Gasteiger partial charge in [0.1, 0.15) is 0 Å². The first-order chi connectivity index (χ1) is 8.70. The highest BCUT2D eigenvalue weighted by atomic mass is 35.5. The fourth-order valence-corrected chi connectivity index (χ4v) is 2.21. The first-order valence-corrected chi connectivity index (χ1v) is 5.72. The summed E-state index contributed by atoms with van der Waals surface area (Å²) in [7, 11) is 1.83. The van der Waals surface area contributed by atoms with Gasteiger partial charge in [0.2, 0.25) is 11.7 Å². The summed E-state index contributed by atoms with van der Waals surface area (Å²) < 4.78 is 6.72. The predicted octanol–water partition coefficient (Wildman–Crippen LogP) is 1.74. The molecule has 92 valence electrons. The Hall–Kier alpha value is -1.92. The van der Waals surface area contributed by atoms with Crippen LogP contribution in [0.4, 0.5) is 0 Å². The average Bonchev–Trinajstić information content (AvgIpc) is 2.95. The Balaban J connectivity index is 2.28. The van der Waals surface area contributed by atoms with Gasteiger partial charge in [-0.3, -0.25) is 4.68 Å². The highest BCUT2D eigenvalue weighted by molar-refractivity contribution is 6.35. The molecule has 0 unspecified atom stereocenters. The van der Waals surface area contributed by atoms with Crippen molar-refractivity contribution in [1.29, 1.82) is 0 Å². The van der Waals surface area contributed by atoms with Gasteiger partial charge in [0, 0.05) is 12.6 Å². The first kappa shape index (κ1) is 11.2. The summed E-state index contributed by atoms with van der Waals surface area (Å²) in [6, 6.07) is 5.71. The van der Waals surface area contributed by atoms with E-state index in [0.717, 1.165) is 16.5 Å². The van der Waals surface area contributed by atoms with Crippen LogP contribution in [-0.4, -0.2) is 19.9 Å². The largest absolute Gasteiger partial charge is 0.338 e. The molecule has 0 fully saturated rings. The topological polar surface area (TPSA) is 82.8 Å². The van der Waals surface area contributed by atoms with Crippen molar-refractivity contribution in [2.24, 2.45) is 12.8 Å². The van der Waals surface area contributed by atoms with E-state index in [0.29, 0.717) is 16.9 Å². The molecule has 3 aromatic rings. The maximum absolute atomic E-state index is 6.13. The van der Waals surface area contributed by atoms with Crippen LogP contribution in [0.25, 0.3) is 22.3 Å². The van der Waals surface area contributed by atoms with Crippen LogP contribution in [0.1, 0.15) is 5.89 Å². The molecule has 0 amide bonds. The van der Waals surface area contributed by atoms with Crippen molar-refractivity contribution in [3.8, 4) is 11.4 Å². The van der Waals surface area contributed by atoms with Crippen molar-refractivity contribution in [3.05, 3.63) is 29.2 Å². The molecule has 0 radical (unpaired) electrons. The molecule has 7 heteroatoms. The number of hydrogen-bond acceptors (Lipinski definition) is 5. The zero-order valence-corrected chi connectivity index (χ0v) is 10.3. The molecule has 0 aliphatic heterocycles. The Bertz CT molecular complexity index is 717. The highest BCUT2D eigenvalue weighted by Gasteiger charge is 2.16. The van der Waals surface area contributed by atoms with Crippen molar-refractivity contribution in [3.63, 3.8) is 0 Å². The second-order valence-electron chi connectivity index (χ2n) is 3.83. The van der Waals surface area contributed by atoms with Gasteiger partial charge in [-0.15, -0.1) is 0 Å². The fourth-order valence-electron chi connectivity index (χ4n) is 1.90. The number of nitrogens with two attached hydrogens (primary N) is 1. The number of aromatic nitrogens is 4. The number of hydrogen-bond donors (Lipinski definition) is 1. The van der Waals surface area contributed by atoms with Gasteiger partial charge >= 0.3 is 0 Å². The van der Waals surface area contributed by atoms with Crippen LogP contribution in [0.5, 0.6) is 0 Å². The lowest BCUT2D eigenvalue weighted by atomic mass is 10.1.